The van der Waals surface area contributed by atoms with Crippen molar-refractivity contribution < 1.29 is 43.0 Å². The minimum atomic E-state index is -1.11. The van der Waals surface area contributed by atoms with E-state index >= 15 is 0 Å². The van der Waals surface area contributed by atoms with Gasteiger partial charge in [-0.1, -0.05) is 0 Å². The van der Waals surface area contributed by atoms with Crippen LogP contribution in [-0.2, 0) is 38.2 Å². The monoisotopic (exact) mass is 372 g/mol. The van der Waals surface area contributed by atoms with Gasteiger partial charge in [-0.25, -0.2) is 4.79 Å². The lowest BCUT2D eigenvalue weighted by Crippen LogP contribution is -2.41. The number of carbonyl (C=O) groups excluding carboxylic acids is 6. The van der Waals surface area contributed by atoms with Crippen molar-refractivity contribution in [3.05, 3.63) is 5.53 Å². The van der Waals surface area contributed by atoms with Crippen LogP contribution in [0.4, 0.5) is 0 Å². The highest BCUT2D eigenvalue weighted by atomic mass is 16.5. The fraction of sp³-hybridized carbons (Fsp3) is 0.500. The molecule has 0 unspecified atom stereocenters. The summed E-state index contributed by atoms with van der Waals surface area (Å²) in [4.78, 5) is 68.9. The second kappa shape index (κ2) is 12.0. The first-order valence-corrected chi connectivity index (χ1v) is 6.87. The number of methoxy groups -OCH3 is 2. The van der Waals surface area contributed by atoms with Crippen molar-refractivity contribution in [1.29, 1.82) is 0 Å². The topological polar surface area (TPSA) is 164 Å². The normalized spacial score (nSPS) is 8.69. The number of imide groups is 2. The largest absolute Gasteiger partial charge is 0.469 e. The first-order chi connectivity index (χ1) is 11.9. The molecular weight excluding hydrogens is 352 g/mol. The Labute approximate surface area is 149 Å². The zero-order valence-corrected chi connectivity index (χ0v) is 15.3. The van der Waals surface area contributed by atoms with E-state index in [9.17, 15) is 28.8 Å². The van der Waals surface area contributed by atoms with Crippen LogP contribution < -0.4 is 0 Å². The van der Waals surface area contributed by atoms with Crippen molar-refractivity contribution in [2.45, 2.75) is 20.3 Å². The van der Waals surface area contributed by atoms with E-state index in [4.69, 9.17) is 5.53 Å². The highest BCUT2D eigenvalue weighted by Gasteiger charge is 2.34. The second-order valence-corrected chi connectivity index (χ2v) is 4.55. The molecule has 0 aliphatic heterocycles. The lowest BCUT2D eigenvalue weighted by Gasteiger charge is -2.10. The molecule has 26 heavy (non-hydrogen) atoms. The molecule has 0 spiro atoms. The Kier molecular flexibility index (Phi) is 11.5. The minimum Gasteiger partial charge on any atom is -0.469 e. The van der Waals surface area contributed by atoms with Gasteiger partial charge in [0.25, 0.3) is 0 Å². The highest BCUT2D eigenvalue weighted by molar-refractivity contribution is 6.62. The Morgan fingerprint density at radius 3 is 1.65 bits per heavy atom. The maximum Gasteiger partial charge on any atom is 0.463 e. The third kappa shape index (κ3) is 8.45. The predicted molar refractivity (Wildman–Crippen MR) is 84.2 cm³/mol. The van der Waals surface area contributed by atoms with E-state index in [0.29, 0.717) is 4.90 Å². The standard InChI is InChI=1S/C7H9N3O4.C7H11NO4/c1-4(11)10(2)6(12)5(9-8)7(13)14-3;1-5(9)8(2)6(10)4-7(11)12-3/h1-3H3;4H2,1-3H3. The van der Waals surface area contributed by atoms with E-state index in [2.05, 4.69) is 14.3 Å². The van der Waals surface area contributed by atoms with Crippen LogP contribution in [0.2, 0.25) is 0 Å². The second-order valence-electron chi connectivity index (χ2n) is 4.55. The van der Waals surface area contributed by atoms with Crippen LogP contribution in [-0.4, -0.2) is 84.2 Å². The molecule has 144 valence electrons. The molecular formula is C14H20N4O8. The quantitative estimate of drug-likeness (QED) is 0.187. The third-order valence-electron chi connectivity index (χ3n) is 2.83. The Hall–Kier alpha value is -3.40. The molecule has 0 heterocycles. The molecule has 0 saturated heterocycles. The maximum absolute atomic E-state index is 11.2. The van der Waals surface area contributed by atoms with Gasteiger partial charge < -0.3 is 15.0 Å². The van der Waals surface area contributed by atoms with E-state index in [0.717, 1.165) is 26.0 Å². The molecule has 0 fully saturated rings. The van der Waals surface area contributed by atoms with E-state index in [1.165, 1.54) is 21.1 Å². The lowest BCUT2D eigenvalue weighted by molar-refractivity contribution is -0.150. The van der Waals surface area contributed by atoms with Crippen molar-refractivity contribution in [2.75, 3.05) is 28.3 Å². The first-order valence-electron chi connectivity index (χ1n) is 6.87. The van der Waals surface area contributed by atoms with Gasteiger partial charge in [-0.05, 0) is 0 Å². The number of rotatable bonds is 4. The highest BCUT2D eigenvalue weighted by Crippen LogP contribution is 1.93. The average Bonchev–Trinajstić information content (AvgIpc) is 2.60. The molecule has 4 amide bonds. The third-order valence-corrected chi connectivity index (χ3v) is 2.83. The summed E-state index contributed by atoms with van der Waals surface area (Å²) in [6, 6.07) is 0. The Balaban J connectivity index is 0. The van der Waals surface area contributed by atoms with Gasteiger partial charge in [0.1, 0.15) is 6.42 Å². The predicted octanol–water partition coefficient (Wildman–Crippen LogP) is -1.61. The molecule has 12 heteroatoms. The van der Waals surface area contributed by atoms with Crippen LogP contribution in [0.5, 0.6) is 0 Å². The summed E-state index contributed by atoms with van der Waals surface area (Å²) in [6.45, 7) is 2.37. The fourth-order valence-electron chi connectivity index (χ4n) is 1.06. The fourth-order valence-corrected chi connectivity index (χ4v) is 1.06. The van der Waals surface area contributed by atoms with Crippen LogP contribution in [0.25, 0.3) is 5.53 Å². The smallest absolute Gasteiger partial charge is 0.463 e. The van der Waals surface area contributed by atoms with E-state index in [1.807, 2.05) is 0 Å². The van der Waals surface area contributed by atoms with Gasteiger partial charge in [0.05, 0.1) is 14.2 Å². The molecule has 0 atom stereocenters. The van der Waals surface area contributed by atoms with Gasteiger partial charge in [-0.2, -0.15) is 4.79 Å². The van der Waals surface area contributed by atoms with Crippen molar-refractivity contribution in [2.24, 2.45) is 0 Å². The molecule has 0 N–H and O–H groups in total. The lowest BCUT2D eigenvalue weighted by atomic mass is 10.3. The number of nitrogens with zero attached hydrogens (tertiary/aromatic N) is 4. The first kappa shape index (κ1) is 24.8. The average molecular weight is 372 g/mol. The summed E-state index contributed by atoms with van der Waals surface area (Å²) in [5.41, 5.74) is 7.51. The summed E-state index contributed by atoms with van der Waals surface area (Å²) in [5.74, 6) is -4.32. The SMILES string of the molecule is COC(=O)C(=[N+]=[N-])C(=O)N(C)C(C)=O.COC(=O)CC(=O)N(C)C(C)=O. The molecule has 0 bridgehead atoms. The van der Waals surface area contributed by atoms with Crippen molar-refractivity contribution in [3.8, 4) is 0 Å². The molecule has 0 rings (SSSR count). The van der Waals surface area contributed by atoms with Crippen molar-refractivity contribution >= 4 is 41.3 Å². The zero-order chi connectivity index (χ0) is 21.0. The summed E-state index contributed by atoms with van der Waals surface area (Å²) < 4.78 is 8.42. The van der Waals surface area contributed by atoms with Crippen LogP contribution in [0.1, 0.15) is 20.3 Å². The molecule has 0 aromatic heterocycles. The van der Waals surface area contributed by atoms with E-state index in [1.54, 1.807) is 0 Å². The molecule has 12 nitrogen and oxygen atoms in total. The van der Waals surface area contributed by atoms with Crippen LogP contribution in [0.3, 0.4) is 0 Å². The Morgan fingerprint density at radius 1 is 0.885 bits per heavy atom. The molecule has 0 radical (unpaired) electrons. The van der Waals surface area contributed by atoms with Crippen LogP contribution in [0.15, 0.2) is 0 Å². The molecule has 0 aromatic rings. The van der Waals surface area contributed by atoms with Crippen LogP contribution in [0, 0.1) is 0 Å². The Morgan fingerprint density at radius 2 is 1.35 bits per heavy atom. The number of carbonyl (C=O) groups is 6. The summed E-state index contributed by atoms with van der Waals surface area (Å²) in [6.07, 6.45) is -0.396. The van der Waals surface area contributed by atoms with Gasteiger partial charge in [-0.15, -0.1) is 0 Å². The maximum atomic E-state index is 11.2. The summed E-state index contributed by atoms with van der Waals surface area (Å²) >= 11 is 0. The van der Waals surface area contributed by atoms with Crippen molar-refractivity contribution in [1.82, 2.24) is 9.80 Å². The van der Waals surface area contributed by atoms with Gasteiger partial charge in [0.15, 0.2) is 0 Å². The van der Waals surface area contributed by atoms with E-state index < -0.39 is 47.7 Å². The van der Waals surface area contributed by atoms with Gasteiger partial charge in [0.2, 0.25) is 17.7 Å². The summed E-state index contributed by atoms with van der Waals surface area (Å²) in [7, 11) is 4.67. The van der Waals surface area contributed by atoms with Gasteiger partial charge >= 0.3 is 23.6 Å². The van der Waals surface area contributed by atoms with E-state index in [-0.39, 0.29) is 0 Å². The number of esters is 2. The Bertz CT molecular complexity index is 651. The van der Waals surface area contributed by atoms with Crippen LogP contribution >= 0.6 is 0 Å². The molecule has 0 aromatic carbocycles. The number of hydrogen-bond acceptors (Lipinski definition) is 8. The number of ether oxygens (including phenoxy) is 2. The minimum absolute atomic E-state index is 0.396. The van der Waals surface area contributed by atoms with Crippen molar-refractivity contribution in [3.63, 3.8) is 0 Å². The number of hydrogen-bond donors (Lipinski definition) is 0. The molecule has 0 aliphatic rings. The number of amides is 4. The molecule has 0 aliphatic carbocycles. The zero-order valence-electron chi connectivity index (χ0n) is 15.3. The summed E-state index contributed by atoms with van der Waals surface area (Å²) in [5, 5.41) is 0. The van der Waals surface area contributed by atoms with Gasteiger partial charge in [-0.3, -0.25) is 33.8 Å². The van der Waals surface area contributed by atoms with Gasteiger partial charge in [0, 0.05) is 27.9 Å². The molecule has 0 saturated carbocycles.